The van der Waals surface area contributed by atoms with Crippen molar-refractivity contribution < 1.29 is 4.74 Å². The molecule has 1 aromatic rings. The van der Waals surface area contributed by atoms with E-state index >= 15 is 0 Å². The number of nitrogens with zero attached hydrogens (tertiary/aromatic N) is 4. The van der Waals surface area contributed by atoms with Gasteiger partial charge >= 0.3 is 0 Å². The molecule has 0 saturated carbocycles. The van der Waals surface area contributed by atoms with E-state index in [9.17, 15) is 0 Å². The first-order valence-electron chi connectivity index (χ1n) is 8.01. The van der Waals surface area contributed by atoms with Gasteiger partial charge in [-0.2, -0.15) is 4.98 Å². The molecule has 0 radical (unpaired) electrons. The van der Waals surface area contributed by atoms with Crippen LogP contribution in [-0.4, -0.2) is 67.8 Å². The fourth-order valence-electron chi connectivity index (χ4n) is 3.20. The molecule has 2 saturated heterocycles. The Bertz CT molecular complexity index is 493. The van der Waals surface area contributed by atoms with Crippen molar-refractivity contribution in [2.24, 2.45) is 5.92 Å². The topological polar surface area (TPSA) is 53.5 Å². The van der Waals surface area contributed by atoms with Crippen LogP contribution in [0.4, 0.5) is 5.95 Å². The first kappa shape index (κ1) is 18.7. The third-order valence-corrected chi connectivity index (χ3v) is 5.07. The summed E-state index contributed by atoms with van der Waals surface area (Å²) in [4.78, 5) is 13.7. The van der Waals surface area contributed by atoms with E-state index in [1.54, 1.807) is 13.3 Å². The zero-order valence-electron chi connectivity index (χ0n) is 13.5. The first-order chi connectivity index (χ1) is 10.8. The van der Waals surface area contributed by atoms with Crippen LogP contribution in [0.15, 0.2) is 10.7 Å². The van der Waals surface area contributed by atoms with Crippen LogP contribution in [0.1, 0.15) is 12.8 Å². The van der Waals surface area contributed by atoms with Gasteiger partial charge in [0.1, 0.15) is 0 Å². The number of halogens is 2. The lowest BCUT2D eigenvalue weighted by atomic mass is 9.97. The van der Waals surface area contributed by atoms with Crippen molar-refractivity contribution in [3.63, 3.8) is 0 Å². The lowest BCUT2D eigenvalue weighted by Gasteiger charge is -2.37. The second-order valence-electron chi connectivity index (χ2n) is 6.01. The van der Waals surface area contributed by atoms with Gasteiger partial charge < -0.3 is 15.0 Å². The van der Waals surface area contributed by atoms with Crippen molar-refractivity contribution in [3.05, 3.63) is 10.7 Å². The monoisotopic (exact) mass is 405 g/mol. The molecule has 2 fully saturated rings. The summed E-state index contributed by atoms with van der Waals surface area (Å²) in [6.45, 7) is 7.73. The summed E-state index contributed by atoms with van der Waals surface area (Å²) in [5, 5.41) is 3.44. The third-order valence-electron chi connectivity index (χ3n) is 4.52. The predicted octanol–water partition coefficient (Wildman–Crippen LogP) is 1.79. The van der Waals surface area contributed by atoms with Crippen LogP contribution in [0.5, 0.6) is 5.88 Å². The summed E-state index contributed by atoms with van der Waals surface area (Å²) >= 11 is 3.40. The lowest BCUT2D eigenvalue weighted by Crippen LogP contribution is -2.49. The molecule has 2 aliphatic heterocycles. The minimum Gasteiger partial charge on any atom is -0.480 e. The molecule has 8 heteroatoms. The molecule has 6 nitrogen and oxygen atoms in total. The molecule has 1 N–H and O–H groups in total. The zero-order valence-corrected chi connectivity index (χ0v) is 15.9. The Balaban J connectivity index is 0.00000192. The maximum atomic E-state index is 5.26. The Hall–Kier alpha value is -0.630. The Morgan fingerprint density at radius 1 is 1.26 bits per heavy atom. The molecule has 3 heterocycles. The molecule has 0 aromatic carbocycles. The fraction of sp³-hybridized carbons (Fsp3) is 0.733. The van der Waals surface area contributed by atoms with E-state index in [0.29, 0.717) is 5.88 Å². The highest BCUT2D eigenvalue weighted by Crippen LogP contribution is 2.24. The summed E-state index contributed by atoms with van der Waals surface area (Å²) in [5.41, 5.74) is 0. The molecule has 2 aliphatic rings. The zero-order chi connectivity index (χ0) is 15.4. The maximum Gasteiger partial charge on any atom is 0.232 e. The fourth-order valence-corrected chi connectivity index (χ4v) is 3.55. The molecule has 0 spiro atoms. The van der Waals surface area contributed by atoms with Gasteiger partial charge in [0.2, 0.25) is 11.8 Å². The number of methoxy groups -OCH3 is 1. The van der Waals surface area contributed by atoms with E-state index in [2.05, 4.69) is 41.0 Å². The van der Waals surface area contributed by atoms with Crippen LogP contribution in [0.25, 0.3) is 0 Å². The highest BCUT2D eigenvalue weighted by Gasteiger charge is 2.23. The number of ether oxygens (including phenoxy) is 1. The van der Waals surface area contributed by atoms with E-state index in [-0.39, 0.29) is 12.4 Å². The van der Waals surface area contributed by atoms with Crippen LogP contribution in [0.3, 0.4) is 0 Å². The van der Waals surface area contributed by atoms with Crippen LogP contribution in [0, 0.1) is 5.92 Å². The number of rotatable bonds is 4. The summed E-state index contributed by atoms with van der Waals surface area (Å²) in [5.74, 6) is 2.22. The number of hydrogen-bond acceptors (Lipinski definition) is 6. The average molecular weight is 407 g/mol. The van der Waals surface area contributed by atoms with Crippen LogP contribution in [0.2, 0.25) is 0 Å². The van der Waals surface area contributed by atoms with Gasteiger partial charge in [-0.05, 0) is 47.8 Å². The Labute approximate surface area is 152 Å². The number of hydrogen-bond donors (Lipinski definition) is 1. The highest BCUT2D eigenvalue weighted by molar-refractivity contribution is 9.10. The standard InChI is InChI=1S/C15H24BrN5O.ClH/c1-22-14-13(16)10-18-15(19-14)21-8-6-20(7-9-21)11-12-2-4-17-5-3-12;/h10,12,17H,2-9,11H2,1H3;1H. The van der Waals surface area contributed by atoms with Crippen molar-refractivity contribution in [1.29, 1.82) is 0 Å². The van der Waals surface area contributed by atoms with Crippen molar-refractivity contribution >= 4 is 34.3 Å². The lowest BCUT2D eigenvalue weighted by molar-refractivity contribution is 0.196. The Morgan fingerprint density at radius 2 is 1.96 bits per heavy atom. The van der Waals surface area contributed by atoms with Gasteiger partial charge in [-0.15, -0.1) is 12.4 Å². The summed E-state index contributed by atoms with van der Waals surface area (Å²) in [7, 11) is 1.63. The highest BCUT2D eigenvalue weighted by atomic mass is 79.9. The molecule has 1 aromatic heterocycles. The van der Waals surface area contributed by atoms with Gasteiger partial charge in [0, 0.05) is 32.7 Å². The predicted molar refractivity (Wildman–Crippen MR) is 97.8 cm³/mol. The minimum absolute atomic E-state index is 0. The van der Waals surface area contributed by atoms with Crippen molar-refractivity contribution in [2.45, 2.75) is 12.8 Å². The average Bonchev–Trinajstić information content (AvgIpc) is 2.57. The number of piperazine rings is 1. The molecule has 0 bridgehead atoms. The molecule has 130 valence electrons. The van der Waals surface area contributed by atoms with E-state index < -0.39 is 0 Å². The molecule has 0 unspecified atom stereocenters. The summed E-state index contributed by atoms with van der Waals surface area (Å²) < 4.78 is 6.05. The van der Waals surface area contributed by atoms with E-state index in [0.717, 1.165) is 42.5 Å². The molecular formula is C15H25BrClN5O. The van der Waals surface area contributed by atoms with Crippen molar-refractivity contribution in [3.8, 4) is 5.88 Å². The Morgan fingerprint density at radius 3 is 2.61 bits per heavy atom. The van der Waals surface area contributed by atoms with E-state index in [1.165, 1.54) is 32.5 Å². The number of piperidine rings is 1. The molecule has 0 amide bonds. The second-order valence-corrected chi connectivity index (χ2v) is 6.86. The van der Waals surface area contributed by atoms with Gasteiger partial charge in [0.25, 0.3) is 0 Å². The molecule has 23 heavy (non-hydrogen) atoms. The second kappa shape index (κ2) is 9.01. The van der Waals surface area contributed by atoms with Gasteiger partial charge in [-0.25, -0.2) is 4.98 Å². The van der Waals surface area contributed by atoms with E-state index in [1.807, 2.05) is 0 Å². The van der Waals surface area contributed by atoms with Crippen LogP contribution in [-0.2, 0) is 0 Å². The normalized spacial score (nSPS) is 20.2. The van der Waals surface area contributed by atoms with Gasteiger partial charge in [0.05, 0.1) is 17.8 Å². The van der Waals surface area contributed by atoms with Gasteiger partial charge in [-0.1, -0.05) is 0 Å². The van der Waals surface area contributed by atoms with Gasteiger partial charge in [-0.3, -0.25) is 4.90 Å². The van der Waals surface area contributed by atoms with Crippen molar-refractivity contribution in [2.75, 3.05) is 57.8 Å². The summed E-state index contributed by atoms with van der Waals surface area (Å²) in [6, 6.07) is 0. The maximum absolute atomic E-state index is 5.26. The number of nitrogens with one attached hydrogen (secondary N) is 1. The number of anilines is 1. The molecule has 3 rings (SSSR count). The smallest absolute Gasteiger partial charge is 0.232 e. The Kier molecular flexibility index (Phi) is 7.33. The van der Waals surface area contributed by atoms with E-state index in [4.69, 9.17) is 4.74 Å². The summed E-state index contributed by atoms with van der Waals surface area (Å²) in [6.07, 6.45) is 4.39. The quantitative estimate of drug-likeness (QED) is 0.823. The first-order valence-corrected chi connectivity index (χ1v) is 8.80. The molecular weight excluding hydrogens is 382 g/mol. The SMILES string of the molecule is COc1nc(N2CCN(CC3CCNCC3)CC2)ncc1Br.Cl. The molecule has 0 atom stereocenters. The molecule has 0 aliphatic carbocycles. The van der Waals surface area contributed by atoms with Crippen LogP contribution >= 0.6 is 28.3 Å². The minimum atomic E-state index is 0. The number of aromatic nitrogens is 2. The third kappa shape index (κ3) is 4.92. The van der Waals surface area contributed by atoms with Gasteiger partial charge in [0.15, 0.2) is 0 Å². The van der Waals surface area contributed by atoms with Crippen LogP contribution < -0.4 is 15.0 Å². The van der Waals surface area contributed by atoms with Crippen molar-refractivity contribution in [1.82, 2.24) is 20.2 Å². The largest absolute Gasteiger partial charge is 0.480 e.